The first-order valence-corrected chi connectivity index (χ1v) is 7.20. The summed E-state index contributed by atoms with van der Waals surface area (Å²) >= 11 is 0. The fraction of sp³-hybridized carbons (Fsp3) is 1.00. The van der Waals surface area contributed by atoms with E-state index in [-0.39, 0.29) is 0 Å². The summed E-state index contributed by atoms with van der Waals surface area (Å²) in [6, 6.07) is 0.836. The minimum absolute atomic E-state index is 0.836. The molecule has 2 nitrogen and oxygen atoms in total. The summed E-state index contributed by atoms with van der Waals surface area (Å²) < 4.78 is 0. The fourth-order valence-electron chi connectivity index (χ4n) is 3.45. The lowest BCUT2D eigenvalue weighted by Gasteiger charge is -2.25. The van der Waals surface area contributed by atoms with Crippen LogP contribution >= 0.6 is 0 Å². The molecule has 0 aromatic heterocycles. The van der Waals surface area contributed by atoms with Crippen molar-refractivity contribution < 1.29 is 0 Å². The molecule has 2 heteroatoms. The summed E-state index contributed by atoms with van der Waals surface area (Å²) in [5.74, 6) is 1.94. The second-order valence-corrected chi connectivity index (χ2v) is 6.02. The number of likely N-dealkylation sites (tertiary alicyclic amines) is 1. The van der Waals surface area contributed by atoms with Crippen LogP contribution in [-0.4, -0.2) is 37.1 Å². The SMILES string of the molecule is CC1CC(C)N(CCCC2CCNCC2)C1. The maximum absolute atomic E-state index is 3.45. The van der Waals surface area contributed by atoms with Crippen molar-refractivity contribution in [1.82, 2.24) is 10.2 Å². The Kier molecular flexibility index (Phi) is 4.66. The summed E-state index contributed by atoms with van der Waals surface area (Å²) in [5, 5.41) is 3.45. The van der Waals surface area contributed by atoms with Crippen molar-refractivity contribution in [2.75, 3.05) is 26.2 Å². The molecule has 2 atom stereocenters. The molecule has 0 aliphatic carbocycles. The molecule has 2 rings (SSSR count). The van der Waals surface area contributed by atoms with Crippen LogP contribution < -0.4 is 5.32 Å². The van der Waals surface area contributed by atoms with Gasteiger partial charge in [0.2, 0.25) is 0 Å². The van der Waals surface area contributed by atoms with Gasteiger partial charge in [-0.1, -0.05) is 6.92 Å². The highest BCUT2D eigenvalue weighted by Gasteiger charge is 2.25. The zero-order chi connectivity index (χ0) is 11.4. The number of hydrogen-bond acceptors (Lipinski definition) is 2. The van der Waals surface area contributed by atoms with Gasteiger partial charge in [-0.2, -0.15) is 0 Å². The van der Waals surface area contributed by atoms with Crippen molar-refractivity contribution in [3.63, 3.8) is 0 Å². The van der Waals surface area contributed by atoms with E-state index in [9.17, 15) is 0 Å². The first kappa shape index (κ1) is 12.4. The zero-order valence-corrected chi connectivity index (χ0v) is 11.0. The number of piperidine rings is 1. The number of nitrogens with one attached hydrogen (secondary N) is 1. The van der Waals surface area contributed by atoms with Gasteiger partial charge in [-0.3, -0.25) is 0 Å². The lowest BCUT2D eigenvalue weighted by Crippen LogP contribution is -2.30. The van der Waals surface area contributed by atoms with Gasteiger partial charge in [0.1, 0.15) is 0 Å². The molecule has 2 heterocycles. The Morgan fingerprint density at radius 2 is 1.94 bits per heavy atom. The summed E-state index contributed by atoms with van der Waals surface area (Å²) in [7, 11) is 0. The molecule has 2 saturated heterocycles. The van der Waals surface area contributed by atoms with Gasteiger partial charge in [0.15, 0.2) is 0 Å². The van der Waals surface area contributed by atoms with Crippen LogP contribution in [-0.2, 0) is 0 Å². The van der Waals surface area contributed by atoms with E-state index in [0.717, 1.165) is 17.9 Å². The summed E-state index contributed by atoms with van der Waals surface area (Å²) in [6.07, 6.45) is 7.10. The van der Waals surface area contributed by atoms with Crippen molar-refractivity contribution >= 4 is 0 Å². The lowest BCUT2D eigenvalue weighted by atomic mass is 9.93. The summed E-state index contributed by atoms with van der Waals surface area (Å²) in [4.78, 5) is 2.70. The van der Waals surface area contributed by atoms with Gasteiger partial charge >= 0.3 is 0 Å². The van der Waals surface area contributed by atoms with Gasteiger partial charge in [-0.25, -0.2) is 0 Å². The third-order valence-corrected chi connectivity index (χ3v) is 4.43. The number of rotatable bonds is 4. The smallest absolute Gasteiger partial charge is 0.00700 e. The van der Waals surface area contributed by atoms with E-state index >= 15 is 0 Å². The molecule has 2 aliphatic heterocycles. The maximum atomic E-state index is 3.45. The Morgan fingerprint density at radius 1 is 1.19 bits per heavy atom. The summed E-state index contributed by atoms with van der Waals surface area (Å²) in [6.45, 7) is 9.98. The predicted octanol–water partition coefficient (Wildman–Crippen LogP) is 2.50. The number of nitrogens with zero attached hydrogens (tertiary/aromatic N) is 1. The number of hydrogen-bond donors (Lipinski definition) is 1. The first-order valence-electron chi connectivity index (χ1n) is 7.20. The molecule has 0 spiro atoms. The maximum Gasteiger partial charge on any atom is 0.00700 e. The highest BCUT2D eigenvalue weighted by atomic mass is 15.2. The lowest BCUT2D eigenvalue weighted by molar-refractivity contribution is 0.244. The molecule has 2 fully saturated rings. The minimum Gasteiger partial charge on any atom is -0.317 e. The second-order valence-electron chi connectivity index (χ2n) is 6.02. The average Bonchev–Trinajstić information content (AvgIpc) is 2.59. The third-order valence-electron chi connectivity index (χ3n) is 4.43. The first-order chi connectivity index (χ1) is 7.75. The fourth-order valence-corrected chi connectivity index (χ4v) is 3.45. The van der Waals surface area contributed by atoms with Crippen molar-refractivity contribution in [1.29, 1.82) is 0 Å². The molecular weight excluding hydrogens is 196 g/mol. The molecule has 94 valence electrons. The van der Waals surface area contributed by atoms with E-state index in [0.29, 0.717) is 0 Å². The van der Waals surface area contributed by atoms with E-state index < -0.39 is 0 Å². The summed E-state index contributed by atoms with van der Waals surface area (Å²) in [5.41, 5.74) is 0. The highest BCUT2D eigenvalue weighted by Crippen LogP contribution is 2.24. The van der Waals surface area contributed by atoms with Crippen LogP contribution in [0.1, 0.15) is 46.0 Å². The molecule has 2 aliphatic rings. The Hall–Kier alpha value is -0.0800. The van der Waals surface area contributed by atoms with Gasteiger partial charge in [0.25, 0.3) is 0 Å². The van der Waals surface area contributed by atoms with E-state index in [4.69, 9.17) is 0 Å². The van der Waals surface area contributed by atoms with E-state index in [1.807, 2.05) is 0 Å². The Bertz CT molecular complexity index is 199. The zero-order valence-electron chi connectivity index (χ0n) is 11.0. The largest absolute Gasteiger partial charge is 0.317 e. The van der Waals surface area contributed by atoms with Gasteiger partial charge in [0.05, 0.1) is 0 Å². The van der Waals surface area contributed by atoms with Gasteiger partial charge in [0, 0.05) is 12.6 Å². The van der Waals surface area contributed by atoms with Crippen molar-refractivity contribution in [3.8, 4) is 0 Å². The quantitative estimate of drug-likeness (QED) is 0.789. The van der Waals surface area contributed by atoms with Crippen molar-refractivity contribution in [2.45, 2.75) is 52.0 Å². The molecule has 0 amide bonds. The van der Waals surface area contributed by atoms with Crippen molar-refractivity contribution in [3.05, 3.63) is 0 Å². The Balaban J connectivity index is 1.60. The third kappa shape index (κ3) is 3.46. The Morgan fingerprint density at radius 3 is 2.56 bits per heavy atom. The molecular formula is C14H28N2. The molecule has 0 saturated carbocycles. The van der Waals surface area contributed by atoms with E-state index in [1.165, 1.54) is 58.3 Å². The van der Waals surface area contributed by atoms with Crippen LogP contribution in [0.3, 0.4) is 0 Å². The van der Waals surface area contributed by atoms with Crippen LogP contribution in [0.5, 0.6) is 0 Å². The molecule has 0 bridgehead atoms. The van der Waals surface area contributed by atoms with Gasteiger partial charge in [-0.15, -0.1) is 0 Å². The van der Waals surface area contributed by atoms with Crippen LogP contribution in [0.25, 0.3) is 0 Å². The molecule has 16 heavy (non-hydrogen) atoms. The minimum atomic E-state index is 0.836. The van der Waals surface area contributed by atoms with E-state index in [1.54, 1.807) is 0 Å². The average molecular weight is 224 g/mol. The standard InChI is InChI=1S/C14H28N2/c1-12-10-13(2)16(11-12)9-3-4-14-5-7-15-8-6-14/h12-15H,3-11H2,1-2H3. The monoisotopic (exact) mass is 224 g/mol. The van der Waals surface area contributed by atoms with Crippen LogP contribution in [0.15, 0.2) is 0 Å². The topological polar surface area (TPSA) is 15.3 Å². The van der Waals surface area contributed by atoms with Crippen LogP contribution in [0.2, 0.25) is 0 Å². The normalized spacial score (nSPS) is 33.4. The molecule has 0 aromatic carbocycles. The highest BCUT2D eigenvalue weighted by molar-refractivity contribution is 4.80. The molecule has 0 radical (unpaired) electrons. The molecule has 1 N–H and O–H groups in total. The van der Waals surface area contributed by atoms with Gasteiger partial charge in [-0.05, 0) is 70.5 Å². The molecule has 0 aromatic rings. The Labute approximate surface area is 101 Å². The predicted molar refractivity (Wildman–Crippen MR) is 69.6 cm³/mol. The van der Waals surface area contributed by atoms with Gasteiger partial charge < -0.3 is 10.2 Å². The molecule has 2 unspecified atom stereocenters. The van der Waals surface area contributed by atoms with Crippen molar-refractivity contribution in [2.24, 2.45) is 11.8 Å². The second kappa shape index (κ2) is 6.02. The van der Waals surface area contributed by atoms with Crippen LogP contribution in [0, 0.1) is 11.8 Å². The van der Waals surface area contributed by atoms with Crippen LogP contribution in [0.4, 0.5) is 0 Å². The van der Waals surface area contributed by atoms with E-state index in [2.05, 4.69) is 24.1 Å².